The van der Waals surface area contributed by atoms with Gasteiger partial charge in [0.05, 0.1) is 29.4 Å². The van der Waals surface area contributed by atoms with Gasteiger partial charge in [0.2, 0.25) is 0 Å². The molecule has 0 radical (unpaired) electrons. The van der Waals surface area contributed by atoms with Gasteiger partial charge in [-0.05, 0) is 58.4 Å². The Bertz CT molecular complexity index is 2010. The van der Waals surface area contributed by atoms with Crippen molar-refractivity contribution in [3.8, 4) is 11.5 Å². The van der Waals surface area contributed by atoms with Crippen LogP contribution in [0.1, 0.15) is 84.0 Å². The van der Waals surface area contributed by atoms with E-state index in [4.69, 9.17) is 9.47 Å². The average molecular weight is 799 g/mol. The molecule has 58 heavy (non-hydrogen) atoms. The molecule has 4 heteroatoms. The predicted octanol–water partition coefficient (Wildman–Crippen LogP) is 15.4. The lowest BCUT2D eigenvalue weighted by atomic mass is 10.0. The number of benzene rings is 5. The third-order valence-corrected chi connectivity index (χ3v) is 14.0. The Labute approximate surface area is 351 Å². The van der Waals surface area contributed by atoms with Crippen LogP contribution in [0, 0.1) is 0 Å². The first kappa shape index (κ1) is 43.7. The molecule has 0 fully saturated rings. The molecular weight excluding hydrogens is 737 g/mol. The second-order valence-corrected chi connectivity index (χ2v) is 24.7. The molecular formula is C54H62O2Si2. The Morgan fingerprint density at radius 2 is 0.672 bits per heavy atom. The van der Waals surface area contributed by atoms with E-state index in [-0.39, 0.29) is 0 Å². The Balaban J connectivity index is 1.31. The maximum absolute atomic E-state index is 6.42. The maximum Gasteiger partial charge on any atom is 0.127 e. The Morgan fingerprint density at radius 1 is 0.379 bits per heavy atom. The molecule has 298 valence electrons. The van der Waals surface area contributed by atoms with Crippen LogP contribution in [-0.4, -0.2) is 29.4 Å². The fraction of sp³-hybridized carbons (Fsp3) is 0.222. The van der Waals surface area contributed by atoms with Crippen LogP contribution in [0.25, 0.3) is 48.6 Å². The molecule has 5 rings (SSSR count). The number of unbranched alkanes of at least 4 members (excludes halogenated alkanes) is 2. The van der Waals surface area contributed by atoms with Crippen molar-refractivity contribution in [1.29, 1.82) is 0 Å². The highest BCUT2D eigenvalue weighted by molar-refractivity contribution is 6.88. The smallest absolute Gasteiger partial charge is 0.127 e. The summed E-state index contributed by atoms with van der Waals surface area (Å²) in [6.07, 6.45) is 21.8. The first-order valence-corrected chi connectivity index (χ1v) is 27.3. The van der Waals surface area contributed by atoms with Gasteiger partial charge in [-0.1, -0.05) is 233 Å². The minimum absolute atomic E-state index is 0.675. The first-order chi connectivity index (χ1) is 28.1. The maximum atomic E-state index is 6.42. The van der Waals surface area contributed by atoms with E-state index in [0.717, 1.165) is 59.4 Å². The highest BCUT2D eigenvalue weighted by Crippen LogP contribution is 2.33. The third kappa shape index (κ3) is 15.2. The van der Waals surface area contributed by atoms with Crippen LogP contribution in [-0.2, 0) is 0 Å². The lowest BCUT2D eigenvalue weighted by molar-refractivity contribution is 0.300. The second kappa shape index (κ2) is 22.5. The highest BCUT2D eigenvalue weighted by atomic mass is 28.3. The molecule has 0 aliphatic heterocycles. The van der Waals surface area contributed by atoms with Gasteiger partial charge in [-0.2, -0.15) is 0 Å². The molecule has 0 spiro atoms. The molecule has 0 aromatic heterocycles. The van der Waals surface area contributed by atoms with Gasteiger partial charge >= 0.3 is 0 Å². The van der Waals surface area contributed by atoms with Gasteiger partial charge < -0.3 is 9.47 Å². The van der Waals surface area contributed by atoms with E-state index < -0.39 is 16.1 Å². The summed E-state index contributed by atoms with van der Waals surface area (Å²) >= 11 is 0. The van der Waals surface area contributed by atoms with Crippen LogP contribution in [0.4, 0.5) is 0 Å². The molecule has 0 N–H and O–H groups in total. The predicted molar refractivity (Wildman–Crippen MR) is 262 cm³/mol. The topological polar surface area (TPSA) is 18.5 Å². The summed E-state index contributed by atoms with van der Waals surface area (Å²) in [4.78, 5) is 0. The summed E-state index contributed by atoms with van der Waals surface area (Å²) in [5.41, 5.74) is 18.8. The quantitative estimate of drug-likeness (QED) is 0.0444. The van der Waals surface area contributed by atoms with E-state index in [1.165, 1.54) is 22.3 Å². The third-order valence-electron chi connectivity index (χ3n) is 9.86. The van der Waals surface area contributed by atoms with E-state index in [9.17, 15) is 0 Å². The molecule has 0 aliphatic rings. The Kier molecular flexibility index (Phi) is 16.9. The van der Waals surface area contributed by atoms with Crippen molar-refractivity contribution in [2.24, 2.45) is 0 Å². The van der Waals surface area contributed by atoms with Crippen molar-refractivity contribution in [1.82, 2.24) is 0 Å². The van der Waals surface area contributed by atoms with Crippen molar-refractivity contribution in [3.05, 3.63) is 189 Å². The molecule has 0 heterocycles. The van der Waals surface area contributed by atoms with Crippen molar-refractivity contribution in [3.63, 3.8) is 0 Å². The molecule has 0 unspecified atom stereocenters. The highest BCUT2D eigenvalue weighted by Gasteiger charge is 2.14. The minimum atomic E-state index is -1.64. The SMILES string of the molecule is CCCCOc1cc(/C=C/c2ccc(/C=C/[Si](C)(C)/C=C/c3ccccc3)cc2)c(OCCCC)cc1/C=C/c1ccc(/C=C/[Si](C)(C)/C=C/c2ccccc2)cc1. The van der Waals surface area contributed by atoms with Crippen molar-refractivity contribution >= 4 is 64.8 Å². The van der Waals surface area contributed by atoms with Gasteiger partial charge in [0.15, 0.2) is 0 Å². The summed E-state index contributed by atoms with van der Waals surface area (Å²) in [5.74, 6) is 1.74. The Morgan fingerprint density at radius 3 is 0.983 bits per heavy atom. The van der Waals surface area contributed by atoms with Crippen LogP contribution >= 0.6 is 0 Å². The van der Waals surface area contributed by atoms with Crippen LogP contribution < -0.4 is 9.47 Å². The molecule has 0 atom stereocenters. The van der Waals surface area contributed by atoms with E-state index in [0.29, 0.717) is 13.2 Å². The van der Waals surface area contributed by atoms with Crippen LogP contribution in [0.2, 0.25) is 26.2 Å². The van der Waals surface area contributed by atoms with Crippen LogP contribution in [0.15, 0.2) is 144 Å². The summed E-state index contributed by atoms with van der Waals surface area (Å²) in [7, 11) is -3.28. The summed E-state index contributed by atoms with van der Waals surface area (Å²) in [6.45, 7) is 15.2. The molecule has 5 aromatic rings. The zero-order valence-electron chi connectivity index (χ0n) is 35.5. The van der Waals surface area contributed by atoms with E-state index in [1.807, 2.05) is 0 Å². The standard InChI is InChI=1S/C54H62O2Si2/c1-7-9-37-55-53-43-52(32-30-48-23-27-50(28-24-48)36-42-58(5,6)40-34-46-19-15-12-16-20-46)54(56-38-10-8-2)44-51(53)31-29-47-21-25-49(26-22-47)35-41-57(3,4)39-33-45-17-13-11-14-18-45/h11-36,39-44H,7-10,37-38H2,1-6H3/b31-29+,32-30+,39-33+,40-34+,41-35+,42-36+. The second-order valence-electron chi connectivity index (χ2n) is 16.1. The van der Waals surface area contributed by atoms with E-state index >= 15 is 0 Å². The summed E-state index contributed by atoms with van der Waals surface area (Å²) in [5, 5.41) is 0. The van der Waals surface area contributed by atoms with Crippen molar-refractivity contribution in [2.45, 2.75) is 65.7 Å². The molecule has 0 bridgehead atoms. The summed E-state index contributed by atoms with van der Waals surface area (Å²) in [6, 6.07) is 42.9. The van der Waals surface area contributed by atoms with Gasteiger partial charge in [-0.3, -0.25) is 0 Å². The zero-order chi connectivity index (χ0) is 41.1. The minimum Gasteiger partial charge on any atom is -0.493 e. The number of ether oxygens (including phenoxy) is 2. The molecule has 2 nitrogen and oxygen atoms in total. The summed E-state index contributed by atoms with van der Waals surface area (Å²) < 4.78 is 12.8. The first-order valence-electron chi connectivity index (χ1n) is 21.0. The zero-order valence-corrected chi connectivity index (χ0v) is 37.5. The number of hydrogen-bond acceptors (Lipinski definition) is 2. The Hall–Kier alpha value is -5.43. The molecule has 0 saturated heterocycles. The number of hydrogen-bond donors (Lipinski definition) is 0. The van der Waals surface area contributed by atoms with Gasteiger partial charge in [0.1, 0.15) is 11.5 Å². The van der Waals surface area contributed by atoms with Gasteiger partial charge in [0.25, 0.3) is 0 Å². The lowest BCUT2D eigenvalue weighted by Gasteiger charge is -2.15. The average Bonchev–Trinajstić information content (AvgIpc) is 3.24. The fourth-order valence-corrected chi connectivity index (χ4v) is 8.76. The molecule has 0 amide bonds. The van der Waals surface area contributed by atoms with Crippen LogP contribution in [0.3, 0.4) is 0 Å². The van der Waals surface area contributed by atoms with Gasteiger partial charge in [-0.25, -0.2) is 0 Å². The molecule has 0 saturated carbocycles. The van der Waals surface area contributed by atoms with Crippen molar-refractivity contribution in [2.75, 3.05) is 13.2 Å². The monoisotopic (exact) mass is 798 g/mol. The van der Waals surface area contributed by atoms with Gasteiger partial charge in [-0.15, -0.1) is 0 Å². The van der Waals surface area contributed by atoms with Gasteiger partial charge in [0, 0.05) is 11.1 Å². The van der Waals surface area contributed by atoms with E-state index in [1.54, 1.807) is 0 Å². The number of rotatable bonds is 20. The molecule has 0 aliphatic carbocycles. The van der Waals surface area contributed by atoms with E-state index in [2.05, 4.69) is 233 Å². The normalized spacial score (nSPS) is 12.7. The fourth-order valence-electron chi connectivity index (χ4n) is 6.05. The lowest BCUT2D eigenvalue weighted by Crippen LogP contribution is -2.18. The largest absolute Gasteiger partial charge is 0.493 e. The van der Waals surface area contributed by atoms with Crippen molar-refractivity contribution < 1.29 is 9.47 Å². The molecule has 5 aromatic carbocycles. The van der Waals surface area contributed by atoms with Crippen LogP contribution in [0.5, 0.6) is 11.5 Å².